The second-order valence-electron chi connectivity index (χ2n) is 11.0. The summed E-state index contributed by atoms with van der Waals surface area (Å²) in [6.45, 7) is 9.37. The number of carbonyl (C=O) groups is 2. The number of amides is 2. The molecule has 0 bridgehead atoms. The number of dihydropyridines is 1. The van der Waals surface area contributed by atoms with Crippen LogP contribution in [0.2, 0.25) is 0 Å². The normalized spacial score (nSPS) is 18.0. The van der Waals surface area contributed by atoms with Gasteiger partial charge in [0.15, 0.2) is 0 Å². The van der Waals surface area contributed by atoms with Gasteiger partial charge in [0.2, 0.25) is 5.91 Å². The largest absolute Gasteiger partial charge is 0.391 e. The fourth-order valence-corrected chi connectivity index (χ4v) is 5.64. The van der Waals surface area contributed by atoms with Gasteiger partial charge in [0.25, 0.3) is 5.91 Å². The molecule has 1 aliphatic rings. The molecule has 2 aromatic carbocycles. The number of halogens is 2. The van der Waals surface area contributed by atoms with Crippen molar-refractivity contribution in [2.75, 3.05) is 19.6 Å². The summed E-state index contributed by atoms with van der Waals surface area (Å²) in [6.07, 6.45) is 4.29. The number of aliphatic hydroxyl groups excluding tert-OH is 1. The van der Waals surface area contributed by atoms with Crippen molar-refractivity contribution in [1.29, 1.82) is 0 Å². The van der Waals surface area contributed by atoms with Gasteiger partial charge in [-0.1, -0.05) is 45.0 Å². The van der Waals surface area contributed by atoms with Gasteiger partial charge in [-0.2, -0.15) is 0 Å². The van der Waals surface area contributed by atoms with Crippen LogP contribution in [-0.4, -0.2) is 53.1 Å². The number of carbonyl (C=O) groups excluding carboxylic acids is 2. The van der Waals surface area contributed by atoms with Crippen LogP contribution in [0.3, 0.4) is 0 Å². The first-order valence-electron chi connectivity index (χ1n) is 14.7. The standard InChI is InChI=1S/C33H44F2N4O3/c1-5-11-39(12-6-2)31(41)26-13-22(4)38-33(19-26,32(36)42)29(17-25-15-27(34)18-28(35)16-25)30(40)21-37-20-24-10-8-9-23(7-3)14-24/h8-10,13-16,18-19,29-30,37-38,40H,5-7,11-12,17,20-21H2,1-4H3,(H2,36,42)/t29-,30+,33?/m1/s1. The molecule has 0 radical (unpaired) electrons. The van der Waals surface area contributed by atoms with E-state index in [1.165, 1.54) is 23.8 Å². The molecule has 5 N–H and O–H groups in total. The van der Waals surface area contributed by atoms with Crippen LogP contribution in [0.15, 0.2) is 65.9 Å². The molecule has 3 atom stereocenters. The van der Waals surface area contributed by atoms with Crippen molar-refractivity contribution in [3.05, 3.63) is 94.2 Å². The zero-order valence-electron chi connectivity index (χ0n) is 25.1. The molecule has 42 heavy (non-hydrogen) atoms. The van der Waals surface area contributed by atoms with E-state index >= 15 is 0 Å². The minimum Gasteiger partial charge on any atom is -0.391 e. The first kappa shape index (κ1) is 32.9. The van der Waals surface area contributed by atoms with Gasteiger partial charge in [-0.3, -0.25) is 9.59 Å². The molecule has 0 aromatic heterocycles. The maximum Gasteiger partial charge on any atom is 0.253 e. The Hall–Kier alpha value is -3.56. The van der Waals surface area contributed by atoms with Gasteiger partial charge in [0.1, 0.15) is 17.2 Å². The van der Waals surface area contributed by atoms with Crippen LogP contribution in [0.25, 0.3) is 0 Å². The van der Waals surface area contributed by atoms with Crippen LogP contribution in [0.4, 0.5) is 8.78 Å². The molecule has 1 aliphatic heterocycles. The second kappa shape index (κ2) is 15.1. The topological polar surface area (TPSA) is 108 Å². The zero-order chi connectivity index (χ0) is 30.9. The number of benzene rings is 2. The van der Waals surface area contributed by atoms with E-state index in [1.807, 2.05) is 32.0 Å². The quantitative estimate of drug-likeness (QED) is 0.253. The molecule has 9 heteroatoms. The van der Waals surface area contributed by atoms with Crippen LogP contribution in [-0.2, 0) is 29.0 Å². The third-order valence-corrected chi connectivity index (χ3v) is 7.60. The molecule has 228 valence electrons. The predicted octanol–water partition coefficient (Wildman–Crippen LogP) is 4.14. The SMILES string of the molecule is CCCN(CCC)C(=O)C1=CC(C(N)=O)([C@H](Cc2cc(F)cc(F)c2)[C@@H](O)CNCc2cccc(CC)c2)NC(C)=C1. The molecule has 0 saturated heterocycles. The molecule has 2 amide bonds. The van der Waals surface area contributed by atoms with Gasteiger partial charge >= 0.3 is 0 Å². The van der Waals surface area contributed by atoms with Crippen molar-refractivity contribution in [2.45, 2.75) is 71.6 Å². The first-order valence-corrected chi connectivity index (χ1v) is 14.7. The van der Waals surface area contributed by atoms with E-state index in [-0.39, 0.29) is 30.0 Å². The monoisotopic (exact) mass is 582 g/mol. The van der Waals surface area contributed by atoms with Gasteiger partial charge in [0.05, 0.1) is 6.10 Å². The van der Waals surface area contributed by atoms with E-state index < -0.39 is 35.1 Å². The van der Waals surface area contributed by atoms with Gasteiger partial charge in [-0.15, -0.1) is 0 Å². The average Bonchev–Trinajstić information content (AvgIpc) is 2.94. The number of primary amides is 1. The summed E-state index contributed by atoms with van der Waals surface area (Å²) in [6, 6.07) is 11.2. The van der Waals surface area contributed by atoms with Crippen molar-refractivity contribution in [3.63, 3.8) is 0 Å². The van der Waals surface area contributed by atoms with Crippen molar-refractivity contribution in [1.82, 2.24) is 15.5 Å². The molecule has 0 aliphatic carbocycles. The van der Waals surface area contributed by atoms with Gasteiger partial charge < -0.3 is 26.4 Å². The van der Waals surface area contributed by atoms with E-state index in [1.54, 1.807) is 17.9 Å². The Balaban J connectivity index is 2.01. The Morgan fingerprint density at radius 1 is 1.02 bits per heavy atom. The highest BCUT2D eigenvalue weighted by molar-refractivity contribution is 5.99. The molecule has 2 aromatic rings. The molecule has 1 heterocycles. The van der Waals surface area contributed by atoms with E-state index in [9.17, 15) is 23.5 Å². The van der Waals surface area contributed by atoms with Crippen molar-refractivity contribution < 1.29 is 23.5 Å². The van der Waals surface area contributed by atoms with Gasteiger partial charge in [0, 0.05) is 49.4 Å². The Labute approximate surface area is 247 Å². The van der Waals surface area contributed by atoms with E-state index in [0.29, 0.717) is 25.3 Å². The van der Waals surface area contributed by atoms with Crippen molar-refractivity contribution in [3.8, 4) is 0 Å². The number of nitrogens with one attached hydrogen (secondary N) is 2. The lowest BCUT2D eigenvalue weighted by atomic mass is 9.73. The molecule has 0 spiro atoms. The summed E-state index contributed by atoms with van der Waals surface area (Å²) in [5.74, 6) is -3.58. The third kappa shape index (κ3) is 8.26. The second-order valence-corrected chi connectivity index (χ2v) is 11.0. The minimum absolute atomic E-state index is 0.0627. The highest BCUT2D eigenvalue weighted by atomic mass is 19.1. The lowest BCUT2D eigenvalue weighted by molar-refractivity contribution is -0.127. The number of hydrogen-bond acceptors (Lipinski definition) is 5. The Morgan fingerprint density at radius 3 is 2.26 bits per heavy atom. The van der Waals surface area contributed by atoms with Crippen LogP contribution in [0.1, 0.15) is 57.2 Å². The number of hydrogen-bond donors (Lipinski definition) is 4. The summed E-state index contributed by atoms with van der Waals surface area (Å²) < 4.78 is 28.4. The minimum atomic E-state index is -1.71. The maximum absolute atomic E-state index is 14.2. The fourth-order valence-electron chi connectivity index (χ4n) is 5.64. The first-order chi connectivity index (χ1) is 20.0. The van der Waals surface area contributed by atoms with Crippen molar-refractivity contribution in [2.24, 2.45) is 11.7 Å². The van der Waals surface area contributed by atoms with E-state index in [4.69, 9.17) is 5.73 Å². The number of rotatable bonds is 15. The highest BCUT2D eigenvalue weighted by Gasteiger charge is 2.48. The zero-order valence-corrected chi connectivity index (χ0v) is 25.1. The molecular weight excluding hydrogens is 538 g/mol. The fraction of sp³-hybridized carbons (Fsp3) is 0.455. The molecule has 7 nitrogen and oxygen atoms in total. The Kier molecular flexibility index (Phi) is 11.8. The van der Waals surface area contributed by atoms with Crippen LogP contribution in [0, 0.1) is 17.6 Å². The van der Waals surface area contributed by atoms with Crippen LogP contribution >= 0.6 is 0 Å². The molecule has 1 unspecified atom stereocenters. The predicted molar refractivity (Wildman–Crippen MR) is 161 cm³/mol. The highest BCUT2D eigenvalue weighted by Crippen LogP contribution is 2.33. The smallest absolute Gasteiger partial charge is 0.253 e. The van der Waals surface area contributed by atoms with Crippen molar-refractivity contribution >= 4 is 11.8 Å². The lowest BCUT2D eigenvalue weighted by Crippen LogP contribution is -2.64. The van der Waals surface area contributed by atoms with Gasteiger partial charge in [-0.05, 0) is 73.6 Å². The van der Waals surface area contributed by atoms with Crippen LogP contribution < -0.4 is 16.4 Å². The summed E-state index contributed by atoms with van der Waals surface area (Å²) in [5, 5.41) is 18.0. The molecular formula is C33H44F2N4O3. The number of allylic oxidation sites excluding steroid dienone is 1. The van der Waals surface area contributed by atoms with E-state index in [0.717, 1.165) is 30.9 Å². The number of aryl methyl sites for hydroxylation is 1. The number of nitrogens with two attached hydrogens (primary N) is 1. The molecule has 0 saturated carbocycles. The van der Waals surface area contributed by atoms with Gasteiger partial charge in [-0.25, -0.2) is 8.78 Å². The summed E-state index contributed by atoms with van der Waals surface area (Å²) in [5.41, 5.74) is 7.60. The third-order valence-electron chi connectivity index (χ3n) is 7.60. The Bertz CT molecular complexity index is 1290. The Morgan fingerprint density at radius 2 is 1.67 bits per heavy atom. The summed E-state index contributed by atoms with van der Waals surface area (Å²) >= 11 is 0. The average molecular weight is 583 g/mol. The van der Waals surface area contributed by atoms with E-state index in [2.05, 4.69) is 23.6 Å². The number of aliphatic hydroxyl groups is 1. The molecule has 3 rings (SSSR count). The summed E-state index contributed by atoms with van der Waals surface area (Å²) in [7, 11) is 0. The lowest BCUT2D eigenvalue weighted by Gasteiger charge is -2.42. The van der Waals surface area contributed by atoms with Crippen LogP contribution in [0.5, 0.6) is 0 Å². The summed E-state index contributed by atoms with van der Waals surface area (Å²) in [4.78, 5) is 28.7. The maximum atomic E-state index is 14.2. The number of nitrogens with zero attached hydrogens (tertiary/aromatic N) is 1. The molecule has 0 fully saturated rings.